The van der Waals surface area contributed by atoms with E-state index in [9.17, 15) is 4.79 Å². The van der Waals surface area contributed by atoms with Crippen LogP contribution in [0.5, 0.6) is 0 Å². The van der Waals surface area contributed by atoms with Crippen molar-refractivity contribution in [1.82, 2.24) is 10.3 Å². The molecule has 2 rings (SSSR count). The highest BCUT2D eigenvalue weighted by Gasteiger charge is 2.49. The highest BCUT2D eigenvalue weighted by atomic mass is 16.5. The van der Waals surface area contributed by atoms with E-state index in [1.54, 1.807) is 32.6 Å². The normalized spacial score (nSPS) is 24.4. The van der Waals surface area contributed by atoms with Crippen molar-refractivity contribution in [2.45, 2.75) is 32.4 Å². The van der Waals surface area contributed by atoms with Crippen molar-refractivity contribution in [2.75, 3.05) is 19.5 Å². The molecule has 0 saturated heterocycles. The first-order valence-electron chi connectivity index (χ1n) is 6.46. The number of methoxy groups -OCH3 is 1. The summed E-state index contributed by atoms with van der Waals surface area (Å²) in [5.41, 5.74) is 1.33. The van der Waals surface area contributed by atoms with Gasteiger partial charge in [0.2, 0.25) is 0 Å². The molecule has 1 aliphatic rings. The second kappa shape index (κ2) is 5.17. The Bertz CT molecular complexity index is 474. The van der Waals surface area contributed by atoms with Gasteiger partial charge in [-0.05, 0) is 12.5 Å². The van der Waals surface area contributed by atoms with Crippen LogP contribution in [0.4, 0.5) is 5.69 Å². The fourth-order valence-corrected chi connectivity index (χ4v) is 2.56. The zero-order valence-electron chi connectivity index (χ0n) is 11.9. The Kier molecular flexibility index (Phi) is 3.75. The smallest absolute Gasteiger partial charge is 0.253 e. The minimum atomic E-state index is -0.0700. The number of hydrogen-bond donors (Lipinski definition) is 2. The van der Waals surface area contributed by atoms with E-state index in [-0.39, 0.29) is 23.5 Å². The lowest BCUT2D eigenvalue weighted by molar-refractivity contribution is -0.0942. The molecular formula is C14H21N3O2. The molecule has 1 aromatic rings. The van der Waals surface area contributed by atoms with Gasteiger partial charge in [-0.25, -0.2) is 0 Å². The minimum absolute atomic E-state index is 0.0305. The van der Waals surface area contributed by atoms with E-state index < -0.39 is 0 Å². The van der Waals surface area contributed by atoms with Gasteiger partial charge in [-0.1, -0.05) is 13.8 Å². The summed E-state index contributed by atoms with van der Waals surface area (Å²) < 4.78 is 5.39. The van der Waals surface area contributed by atoms with E-state index in [4.69, 9.17) is 4.74 Å². The predicted molar refractivity (Wildman–Crippen MR) is 74.2 cm³/mol. The second-order valence-corrected chi connectivity index (χ2v) is 5.48. The summed E-state index contributed by atoms with van der Waals surface area (Å²) in [5, 5.41) is 6.05. The highest BCUT2D eigenvalue weighted by Crippen LogP contribution is 2.42. The molecular weight excluding hydrogens is 242 g/mol. The van der Waals surface area contributed by atoms with Crippen LogP contribution < -0.4 is 10.6 Å². The van der Waals surface area contributed by atoms with Crippen LogP contribution in [-0.4, -0.2) is 37.2 Å². The number of rotatable bonds is 4. The third kappa shape index (κ3) is 2.42. The van der Waals surface area contributed by atoms with Gasteiger partial charge >= 0.3 is 0 Å². The molecule has 104 valence electrons. The second-order valence-electron chi connectivity index (χ2n) is 5.48. The monoisotopic (exact) mass is 263 g/mol. The zero-order valence-corrected chi connectivity index (χ0v) is 11.9. The minimum Gasteiger partial charge on any atom is -0.386 e. The number of carbonyl (C=O) groups is 1. The number of hydrogen-bond acceptors (Lipinski definition) is 4. The lowest BCUT2D eigenvalue weighted by Crippen LogP contribution is -2.61. The fourth-order valence-electron chi connectivity index (χ4n) is 2.56. The van der Waals surface area contributed by atoms with Gasteiger partial charge in [0, 0.05) is 31.8 Å². The standard InChI is InChI=1S/C14H21N3O2/c1-14(2)11(7-12(14)19-4)17-13(18)9-5-6-16-8-10(9)15-3/h5-6,8,11-12,15H,7H2,1-4H3,(H,17,18). The number of pyridine rings is 1. The molecule has 0 aromatic carbocycles. The Morgan fingerprint density at radius 1 is 1.53 bits per heavy atom. The van der Waals surface area contributed by atoms with Crippen molar-refractivity contribution in [2.24, 2.45) is 5.41 Å². The number of aromatic nitrogens is 1. The number of nitrogens with one attached hydrogen (secondary N) is 2. The third-order valence-electron chi connectivity index (χ3n) is 4.10. The fraction of sp³-hybridized carbons (Fsp3) is 0.571. The van der Waals surface area contributed by atoms with Crippen LogP contribution in [0.1, 0.15) is 30.6 Å². The molecule has 0 spiro atoms. The first-order chi connectivity index (χ1) is 9.00. The molecule has 2 unspecified atom stereocenters. The largest absolute Gasteiger partial charge is 0.386 e. The molecule has 1 fully saturated rings. The summed E-state index contributed by atoms with van der Waals surface area (Å²) in [6.45, 7) is 4.22. The maximum atomic E-state index is 12.3. The van der Waals surface area contributed by atoms with Crippen molar-refractivity contribution in [3.05, 3.63) is 24.0 Å². The van der Waals surface area contributed by atoms with Gasteiger partial charge in [0.1, 0.15) is 0 Å². The molecule has 0 radical (unpaired) electrons. The Morgan fingerprint density at radius 2 is 2.26 bits per heavy atom. The lowest BCUT2D eigenvalue weighted by atomic mass is 9.64. The van der Waals surface area contributed by atoms with Gasteiger partial charge in [0.25, 0.3) is 5.91 Å². The number of nitrogens with zero attached hydrogens (tertiary/aromatic N) is 1. The molecule has 1 aromatic heterocycles. The summed E-state index contributed by atoms with van der Waals surface area (Å²) in [5.74, 6) is -0.0700. The molecule has 5 heteroatoms. The average Bonchev–Trinajstić information content (AvgIpc) is 2.42. The number of anilines is 1. The number of amides is 1. The summed E-state index contributed by atoms with van der Waals surface area (Å²) in [6, 6.07) is 1.86. The number of ether oxygens (including phenoxy) is 1. The average molecular weight is 263 g/mol. The molecule has 19 heavy (non-hydrogen) atoms. The van der Waals surface area contributed by atoms with E-state index in [2.05, 4.69) is 29.5 Å². The van der Waals surface area contributed by atoms with Crippen molar-refractivity contribution in [1.29, 1.82) is 0 Å². The third-order valence-corrected chi connectivity index (χ3v) is 4.10. The van der Waals surface area contributed by atoms with Crippen molar-refractivity contribution in [3.63, 3.8) is 0 Å². The first kappa shape index (κ1) is 13.8. The Labute approximate surface area is 113 Å². The van der Waals surface area contributed by atoms with Crippen LogP contribution in [0.2, 0.25) is 0 Å². The van der Waals surface area contributed by atoms with Crippen molar-refractivity contribution in [3.8, 4) is 0 Å². The SMILES string of the molecule is CNc1cnccc1C(=O)NC1CC(OC)C1(C)C. The van der Waals surface area contributed by atoms with Crippen LogP contribution in [-0.2, 0) is 4.74 Å². The highest BCUT2D eigenvalue weighted by molar-refractivity contribution is 5.99. The van der Waals surface area contributed by atoms with E-state index in [1.807, 2.05) is 0 Å². The van der Waals surface area contributed by atoms with Gasteiger partial charge in [-0.15, -0.1) is 0 Å². The van der Waals surface area contributed by atoms with E-state index in [0.717, 1.165) is 12.1 Å². The maximum Gasteiger partial charge on any atom is 0.253 e. The van der Waals surface area contributed by atoms with Crippen LogP contribution in [0.3, 0.4) is 0 Å². The summed E-state index contributed by atoms with van der Waals surface area (Å²) in [4.78, 5) is 16.3. The molecule has 1 heterocycles. The van der Waals surface area contributed by atoms with Gasteiger partial charge in [0.05, 0.1) is 23.6 Å². The molecule has 0 bridgehead atoms. The van der Waals surface area contributed by atoms with Crippen LogP contribution in [0.25, 0.3) is 0 Å². The Balaban J connectivity index is 2.07. The first-order valence-corrected chi connectivity index (χ1v) is 6.46. The van der Waals surface area contributed by atoms with Gasteiger partial charge in [-0.3, -0.25) is 9.78 Å². The van der Waals surface area contributed by atoms with Crippen LogP contribution >= 0.6 is 0 Å². The van der Waals surface area contributed by atoms with Crippen LogP contribution in [0, 0.1) is 5.41 Å². The van der Waals surface area contributed by atoms with Crippen molar-refractivity contribution < 1.29 is 9.53 Å². The Hall–Kier alpha value is -1.62. The zero-order chi connectivity index (χ0) is 14.0. The summed E-state index contributed by atoms with van der Waals surface area (Å²) in [7, 11) is 3.49. The van der Waals surface area contributed by atoms with E-state index >= 15 is 0 Å². The van der Waals surface area contributed by atoms with Gasteiger partial charge in [0.15, 0.2) is 0 Å². The Morgan fingerprint density at radius 3 is 2.84 bits per heavy atom. The lowest BCUT2D eigenvalue weighted by Gasteiger charge is -2.51. The van der Waals surface area contributed by atoms with Crippen molar-refractivity contribution >= 4 is 11.6 Å². The maximum absolute atomic E-state index is 12.3. The van der Waals surface area contributed by atoms with E-state index in [1.165, 1.54) is 0 Å². The molecule has 1 aliphatic carbocycles. The predicted octanol–water partition coefficient (Wildman–Crippen LogP) is 1.67. The quantitative estimate of drug-likeness (QED) is 0.867. The molecule has 5 nitrogen and oxygen atoms in total. The topological polar surface area (TPSA) is 63.2 Å². The number of carbonyl (C=O) groups excluding carboxylic acids is 1. The van der Waals surface area contributed by atoms with E-state index in [0.29, 0.717) is 5.56 Å². The van der Waals surface area contributed by atoms with Gasteiger partial charge in [-0.2, -0.15) is 0 Å². The molecule has 1 saturated carbocycles. The van der Waals surface area contributed by atoms with Crippen LogP contribution in [0.15, 0.2) is 18.5 Å². The molecule has 2 atom stereocenters. The molecule has 0 aliphatic heterocycles. The molecule has 2 N–H and O–H groups in total. The summed E-state index contributed by atoms with van der Waals surface area (Å²) in [6.07, 6.45) is 4.34. The summed E-state index contributed by atoms with van der Waals surface area (Å²) >= 11 is 0. The van der Waals surface area contributed by atoms with Gasteiger partial charge < -0.3 is 15.4 Å². The molecule has 1 amide bonds.